The summed E-state index contributed by atoms with van der Waals surface area (Å²) in [5.74, 6) is 1.54. The number of morpholine rings is 1. The average Bonchev–Trinajstić information content (AvgIpc) is 2.67. The highest BCUT2D eigenvalue weighted by molar-refractivity contribution is 5.79. The maximum Gasteiger partial charge on any atom is 0.191 e. The Kier molecular flexibility index (Phi) is 9.82. The molecular weight excluding hydrogens is 340 g/mol. The van der Waals surface area contributed by atoms with Crippen LogP contribution in [0.1, 0.15) is 27.7 Å². The van der Waals surface area contributed by atoms with Gasteiger partial charge in [-0.1, -0.05) is 13.8 Å². The molecule has 0 spiro atoms. The third-order valence-electron chi connectivity index (χ3n) is 5.78. The van der Waals surface area contributed by atoms with Crippen molar-refractivity contribution in [1.82, 2.24) is 25.3 Å². The van der Waals surface area contributed by atoms with E-state index in [-0.39, 0.29) is 0 Å². The fraction of sp³-hybridized carbons (Fsp3) is 0.950. The minimum Gasteiger partial charge on any atom is -0.379 e. The zero-order valence-electron chi connectivity index (χ0n) is 18.2. The molecule has 2 aliphatic rings. The lowest BCUT2D eigenvalue weighted by molar-refractivity contribution is 0.00752. The summed E-state index contributed by atoms with van der Waals surface area (Å²) in [4.78, 5) is 12.4. The second kappa shape index (κ2) is 11.8. The van der Waals surface area contributed by atoms with Crippen LogP contribution in [0, 0.1) is 5.92 Å². The summed E-state index contributed by atoms with van der Waals surface area (Å²) in [5.41, 5.74) is 0. The number of ether oxygens (including phenoxy) is 1. The fourth-order valence-electron chi connectivity index (χ4n) is 3.84. The molecule has 7 heteroatoms. The zero-order chi connectivity index (χ0) is 19.6. The SMILES string of the molecule is CCNC(=NCC(C)N1CCN(C)CC1)NCC(C(C)C)N1CCOCC1. The average molecular weight is 383 g/mol. The van der Waals surface area contributed by atoms with E-state index in [9.17, 15) is 0 Å². The van der Waals surface area contributed by atoms with Crippen LogP contribution in [-0.4, -0.2) is 112 Å². The van der Waals surface area contributed by atoms with Gasteiger partial charge in [-0.2, -0.15) is 0 Å². The Balaban J connectivity index is 1.85. The van der Waals surface area contributed by atoms with Gasteiger partial charge in [0.05, 0.1) is 19.8 Å². The number of nitrogens with one attached hydrogen (secondary N) is 2. The van der Waals surface area contributed by atoms with E-state index in [1.54, 1.807) is 0 Å². The molecule has 2 heterocycles. The third-order valence-corrected chi connectivity index (χ3v) is 5.78. The fourth-order valence-corrected chi connectivity index (χ4v) is 3.84. The minimum atomic E-state index is 0.481. The van der Waals surface area contributed by atoms with Crippen molar-refractivity contribution in [2.24, 2.45) is 10.9 Å². The predicted molar refractivity (Wildman–Crippen MR) is 114 cm³/mol. The van der Waals surface area contributed by atoms with Gasteiger partial charge < -0.3 is 20.3 Å². The van der Waals surface area contributed by atoms with Gasteiger partial charge >= 0.3 is 0 Å². The van der Waals surface area contributed by atoms with Crippen LogP contribution >= 0.6 is 0 Å². The summed E-state index contributed by atoms with van der Waals surface area (Å²) >= 11 is 0. The molecule has 0 amide bonds. The van der Waals surface area contributed by atoms with Crippen molar-refractivity contribution in [3.8, 4) is 0 Å². The summed E-state index contributed by atoms with van der Waals surface area (Å²) in [6.45, 7) is 20.0. The van der Waals surface area contributed by atoms with Crippen LogP contribution in [-0.2, 0) is 4.74 Å². The van der Waals surface area contributed by atoms with Crippen molar-refractivity contribution in [2.75, 3.05) is 79.2 Å². The minimum absolute atomic E-state index is 0.481. The van der Waals surface area contributed by atoms with Gasteiger partial charge in [0, 0.05) is 64.4 Å². The number of hydrogen-bond donors (Lipinski definition) is 2. The van der Waals surface area contributed by atoms with Crippen LogP contribution in [0.2, 0.25) is 0 Å². The molecule has 0 radical (unpaired) electrons. The van der Waals surface area contributed by atoms with E-state index >= 15 is 0 Å². The number of hydrogen-bond acceptors (Lipinski definition) is 5. The smallest absolute Gasteiger partial charge is 0.191 e. The van der Waals surface area contributed by atoms with Gasteiger partial charge in [0.2, 0.25) is 0 Å². The lowest BCUT2D eigenvalue weighted by atomic mass is 10.0. The highest BCUT2D eigenvalue weighted by Crippen LogP contribution is 2.12. The van der Waals surface area contributed by atoms with Gasteiger partial charge in [-0.3, -0.25) is 14.8 Å². The van der Waals surface area contributed by atoms with Crippen LogP contribution in [0.5, 0.6) is 0 Å². The maximum atomic E-state index is 5.52. The van der Waals surface area contributed by atoms with E-state index in [0.29, 0.717) is 18.0 Å². The Morgan fingerprint density at radius 2 is 1.63 bits per heavy atom. The summed E-state index contributed by atoms with van der Waals surface area (Å²) in [5, 5.41) is 7.01. The number of guanidine groups is 1. The van der Waals surface area contributed by atoms with E-state index in [1.807, 2.05) is 0 Å². The van der Waals surface area contributed by atoms with Crippen molar-refractivity contribution in [2.45, 2.75) is 39.8 Å². The quantitative estimate of drug-likeness (QED) is 0.472. The molecule has 2 aliphatic heterocycles. The first-order valence-electron chi connectivity index (χ1n) is 10.8. The summed E-state index contributed by atoms with van der Waals surface area (Å²) < 4.78 is 5.52. The van der Waals surface area contributed by atoms with Gasteiger partial charge in [0.1, 0.15) is 0 Å². The molecule has 7 nitrogen and oxygen atoms in total. The molecule has 0 aromatic heterocycles. The Bertz CT molecular complexity index is 430. The van der Waals surface area contributed by atoms with E-state index in [2.05, 4.69) is 60.1 Å². The second-order valence-electron chi connectivity index (χ2n) is 8.25. The van der Waals surface area contributed by atoms with Crippen molar-refractivity contribution >= 4 is 5.96 Å². The van der Waals surface area contributed by atoms with Gasteiger partial charge in [0.15, 0.2) is 5.96 Å². The lowest BCUT2D eigenvalue weighted by Crippen LogP contribution is -2.53. The monoisotopic (exact) mass is 382 g/mol. The van der Waals surface area contributed by atoms with Crippen molar-refractivity contribution in [3.63, 3.8) is 0 Å². The van der Waals surface area contributed by atoms with Crippen LogP contribution < -0.4 is 10.6 Å². The molecule has 0 saturated carbocycles. The Hall–Kier alpha value is -0.890. The second-order valence-corrected chi connectivity index (χ2v) is 8.25. The Labute approximate surface area is 166 Å². The van der Waals surface area contributed by atoms with Gasteiger partial charge in [-0.25, -0.2) is 0 Å². The first-order valence-corrected chi connectivity index (χ1v) is 10.8. The number of rotatable bonds is 8. The topological polar surface area (TPSA) is 55.4 Å². The molecule has 158 valence electrons. The van der Waals surface area contributed by atoms with Crippen molar-refractivity contribution in [1.29, 1.82) is 0 Å². The van der Waals surface area contributed by atoms with E-state index in [4.69, 9.17) is 9.73 Å². The van der Waals surface area contributed by atoms with E-state index in [1.165, 1.54) is 0 Å². The Morgan fingerprint density at radius 3 is 2.22 bits per heavy atom. The molecule has 2 fully saturated rings. The third kappa shape index (κ3) is 7.56. The Morgan fingerprint density at radius 1 is 0.963 bits per heavy atom. The first kappa shape index (κ1) is 22.4. The molecular formula is C20H42N6O. The first-order chi connectivity index (χ1) is 13.0. The molecule has 2 rings (SSSR count). The largest absolute Gasteiger partial charge is 0.379 e. The molecule has 27 heavy (non-hydrogen) atoms. The van der Waals surface area contributed by atoms with Crippen LogP contribution in [0.4, 0.5) is 0 Å². The molecule has 2 atom stereocenters. The highest BCUT2D eigenvalue weighted by atomic mass is 16.5. The summed E-state index contributed by atoms with van der Waals surface area (Å²) in [6.07, 6.45) is 0. The molecule has 0 aromatic rings. The van der Waals surface area contributed by atoms with Gasteiger partial charge in [-0.15, -0.1) is 0 Å². The summed E-state index contributed by atoms with van der Waals surface area (Å²) in [7, 11) is 2.20. The van der Waals surface area contributed by atoms with Crippen LogP contribution in [0.25, 0.3) is 0 Å². The molecule has 0 bridgehead atoms. The molecule has 2 N–H and O–H groups in total. The van der Waals surface area contributed by atoms with Gasteiger partial charge in [-0.05, 0) is 26.8 Å². The van der Waals surface area contributed by atoms with E-state index in [0.717, 1.165) is 78.1 Å². The van der Waals surface area contributed by atoms with Crippen molar-refractivity contribution in [3.05, 3.63) is 0 Å². The molecule has 0 aliphatic carbocycles. The zero-order valence-corrected chi connectivity index (χ0v) is 18.2. The predicted octanol–water partition coefficient (Wildman–Crippen LogP) is 0.534. The molecule has 2 unspecified atom stereocenters. The van der Waals surface area contributed by atoms with Crippen LogP contribution in [0.15, 0.2) is 4.99 Å². The summed E-state index contributed by atoms with van der Waals surface area (Å²) in [6, 6.07) is 0.988. The number of likely N-dealkylation sites (N-methyl/N-ethyl adjacent to an activating group) is 1. The maximum absolute atomic E-state index is 5.52. The number of aliphatic imine (C=N–C) groups is 1. The standard InChI is InChI=1S/C20H42N6O/c1-6-21-20(22-15-18(4)25-9-7-24(5)8-10-25)23-16-19(17(2)3)26-11-13-27-14-12-26/h17-19H,6-16H2,1-5H3,(H2,21,22,23). The lowest BCUT2D eigenvalue weighted by Gasteiger charge is -2.37. The molecule has 2 saturated heterocycles. The van der Waals surface area contributed by atoms with Crippen molar-refractivity contribution < 1.29 is 4.74 Å². The van der Waals surface area contributed by atoms with E-state index < -0.39 is 0 Å². The van der Waals surface area contributed by atoms with Gasteiger partial charge in [0.25, 0.3) is 0 Å². The molecule has 0 aromatic carbocycles. The van der Waals surface area contributed by atoms with Crippen LogP contribution in [0.3, 0.4) is 0 Å². The number of nitrogens with zero attached hydrogens (tertiary/aromatic N) is 4. The highest BCUT2D eigenvalue weighted by Gasteiger charge is 2.24. The normalized spacial score (nSPS) is 23.4. The number of piperazine rings is 1.